The minimum atomic E-state index is 0.711. The second-order valence-electron chi connectivity index (χ2n) is 11.6. The lowest BCUT2D eigenvalue weighted by atomic mass is 9.93. The van der Waals surface area contributed by atoms with E-state index in [1.54, 1.807) is 6.33 Å². The molecule has 4 nitrogen and oxygen atoms in total. The predicted molar refractivity (Wildman–Crippen MR) is 173 cm³/mol. The van der Waals surface area contributed by atoms with Gasteiger partial charge in [0.05, 0.1) is 0 Å². The number of aryl methyl sites for hydroxylation is 6. The van der Waals surface area contributed by atoms with E-state index in [1.807, 2.05) is 0 Å². The Morgan fingerprint density at radius 1 is 0.512 bits per heavy atom. The van der Waals surface area contributed by atoms with Crippen LogP contribution in [-0.4, -0.2) is 22.0 Å². The lowest BCUT2D eigenvalue weighted by Crippen LogP contribution is -2.14. The van der Waals surface area contributed by atoms with Gasteiger partial charge in [-0.1, -0.05) is 53.6 Å². The van der Waals surface area contributed by atoms with Gasteiger partial charge in [-0.15, -0.1) is 0 Å². The Bertz CT molecular complexity index is 1730. The van der Waals surface area contributed by atoms with Gasteiger partial charge in [-0.25, -0.2) is 15.0 Å². The maximum atomic E-state index is 5.06. The fourth-order valence-electron chi connectivity index (χ4n) is 6.27. The minimum Gasteiger partial charge on any atom is -0.344 e. The second kappa shape index (κ2) is 10.9. The number of nitrogens with zero attached hydrogens (tertiary/aromatic N) is 4. The van der Waals surface area contributed by atoms with Gasteiger partial charge in [0.15, 0.2) is 11.6 Å². The van der Waals surface area contributed by atoms with Gasteiger partial charge in [-0.05, 0) is 125 Å². The number of aromatic nitrogens is 3. The highest BCUT2D eigenvalue weighted by Gasteiger charge is 2.20. The van der Waals surface area contributed by atoms with Gasteiger partial charge in [0.2, 0.25) is 0 Å². The van der Waals surface area contributed by atoms with Crippen molar-refractivity contribution in [2.75, 3.05) is 11.9 Å². The van der Waals surface area contributed by atoms with Crippen LogP contribution in [0.15, 0.2) is 60.9 Å². The third-order valence-corrected chi connectivity index (χ3v) is 8.46. The number of rotatable bonds is 5. The molecule has 4 heteroatoms. The summed E-state index contributed by atoms with van der Waals surface area (Å²) in [6.45, 7) is 19.4. The van der Waals surface area contributed by atoms with E-state index in [9.17, 15) is 0 Å². The van der Waals surface area contributed by atoms with E-state index in [4.69, 9.17) is 4.98 Å². The van der Waals surface area contributed by atoms with Crippen LogP contribution in [0, 0.1) is 62.3 Å². The Kier molecular flexibility index (Phi) is 7.52. The molecule has 0 aliphatic carbocycles. The molecule has 41 heavy (non-hydrogen) atoms. The first-order valence-electron chi connectivity index (χ1n) is 14.3. The summed E-state index contributed by atoms with van der Waals surface area (Å²) in [5.41, 5.74) is 18.0. The van der Waals surface area contributed by atoms with Gasteiger partial charge in [0.1, 0.15) is 6.33 Å². The van der Waals surface area contributed by atoms with Crippen molar-refractivity contribution in [2.45, 2.75) is 62.3 Å². The molecule has 208 valence electrons. The Morgan fingerprint density at radius 2 is 1.05 bits per heavy atom. The predicted octanol–water partition coefficient (Wildman–Crippen LogP) is 9.42. The van der Waals surface area contributed by atoms with E-state index in [0.29, 0.717) is 5.82 Å². The van der Waals surface area contributed by atoms with Crippen LogP contribution in [0.25, 0.3) is 33.9 Å². The van der Waals surface area contributed by atoms with Crippen molar-refractivity contribution in [1.29, 1.82) is 0 Å². The molecule has 0 amide bonds. The molecular formula is C37H40N4. The van der Waals surface area contributed by atoms with E-state index in [-0.39, 0.29) is 0 Å². The van der Waals surface area contributed by atoms with Crippen LogP contribution >= 0.6 is 0 Å². The highest BCUT2D eigenvalue weighted by molar-refractivity contribution is 5.81. The van der Waals surface area contributed by atoms with E-state index in [0.717, 1.165) is 33.8 Å². The monoisotopic (exact) mass is 540 g/mol. The molecule has 0 aliphatic rings. The smallest absolute Gasteiger partial charge is 0.163 e. The van der Waals surface area contributed by atoms with Gasteiger partial charge in [-0.3, -0.25) is 0 Å². The van der Waals surface area contributed by atoms with Crippen LogP contribution in [0.3, 0.4) is 0 Å². The van der Waals surface area contributed by atoms with Gasteiger partial charge in [0.25, 0.3) is 0 Å². The van der Waals surface area contributed by atoms with Crippen LogP contribution in [0.2, 0.25) is 0 Å². The number of anilines is 2. The zero-order valence-corrected chi connectivity index (χ0v) is 26.1. The van der Waals surface area contributed by atoms with E-state index in [2.05, 4.69) is 139 Å². The van der Waals surface area contributed by atoms with Gasteiger partial charge >= 0.3 is 0 Å². The molecule has 0 radical (unpaired) electrons. The number of hydrogen-bond donors (Lipinski definition) is 0. The first-order chi connectivity index (χ1) is 19.5. The van der Waals surface area contributed by atoms with Crippen molar-refractivity contribution in [3.8, 4) is 33.9 Å². The first kappa shape index (κ1) is 28.2. The molecule has 1 aromatic heterocycles. The third kappa shape index (κ3) is 5.27. The van der Waals surface area contributed by atoms with E-state index in [1.165, 1.54) is 55.8 Å². The summed E-state index contributed by atoms with van der Waals surface area (Å²) >= 11 is 0. The summed E-state index contributed by atoms with van der Waals surface area (Å²) in [6.07, 6.45) is 1.65. The van der Waals surface area contributed by atoms with Crippen molar-refractivity contribution >= 4 is 11.4 Å². The highest BCUT2D eigenvalue weighted by Crippen LogP contribution is 2.39. The third-order valence-electron chi connectivity index (χ3n) is 8.46. The zero-order chi connectivity index (χ0) is 29.6. The van der Waals surface area contributed by atoms with Crippen molar-refractivity contribution in [2.24, 2.45) is 0 Å². The highest BCUT2D eigenvalue weighted by atomic mass is 15.1. The van der Waals surface area contributed by atoms with Crippen molar-refractivity contribution in [3.63, 3.8) is 0 Å². The molecule has 0 spiro atoms. The molecule has 0 saturated carbocycles. The van der Waals surface area contributed by atoms with Crippen molar-refractivity contribution in [3.05, 3.63) is 111 Å². The summed E-state index contributed by atoms with van der Waals surface area (Å²) in [5, 5.41) is 0. The van der Waals surface area contributed by atoms with E-state index < -0.39 is 0 Å². The average molecular weight is 541 g/mol. The second-order valence-corrected chi connectivity index (χ2v) is 11.6. The lowest BCUT2D eigenvalue weighted by molar-refractivity contribution is 1.04. The molecule has 0 bridgehead atoms. The standard InChI is InChI=1S/C37H40N4/c1-21-15-22(2)17-31(16-21)30-11-13-32(14-12-30)41(10)35-26(6)19-25(5)33(29(35)9)36-38-20-39-37(40-36)34-27(7)23(3)18-24(4)28(34)8/h11-20H,1-10H3. The molecule has 0 atom stereocenters. The van der Waals surface area contributed by atoms with Crippen molar-refractivity contribution in [1.82, 2.24) is 15.0 Å². The summed E-state index contributed by atoms with van der Waals surface area (Å²) in [7, 11) is 2.14. The molecule has 5 rings (SSSR count). The lowest BCUT2D eigenvalue weighted by Gasteiger charge is -2.26. The SMILES string of the molecule is Cc1cc(C)cc(-c2ccc(N(C)c3c(C)cc(C)c(-c4ncnc(-c5c(C)c(C)cc(C)c5C)n4)c3C)cc2)c1. The largest absolute Gasteiger partial charge is 0.344 e. The zero-order valence-electron chi connectivity index (χ0n) is 26.1. The van der Waals surface area contributed by atoms with Crippen LogP contribution in [-0.2, 0) is 0 Å². The Labute approximate surface area is 245 Å². The fourth-order valence-corrected chi connectivity index (χ4v) is 6.27. The molecule has 0 saturated heterocycles. The van der Waals surface area contributed by atoms with Crippen LogP contribution < -0.4 is 4.90 Å². The summed E-state index contributed by atoms with van der Waals surface area (Å²) < 4.78 is 0. The molecule has 5 aromatic rings. The average Bonchev–Trinajstić information content (AvgIpc) is 2.91. The Balaban J connectivity index is 1.57. The summed E-state index contributed by atoms with van der Waals surface area (Å²) in [4.78, 5) is 16.7. The molecule has 0 fully saturated rings. The summed E-state index contributed by atoms with van der Waals surface area (Å²) in [5.74, 6) is 1.44. The van der Waals surface area contributed by atoms with Crippen molar-refractivity contribution < 1.29 is 0 Å². The quantitative estimate of drug-likeness (QED) is 0.223. The van der Waals surface area contributed by atoms with Gasteiger partial charge in [0, 0.05) is 29.5 Å². The Hall–Kier alpha value is -4.31. The summed E-state index contributed by atoms with van der Waals surface area (Å²) in [6, 6.07) is 20.0. The first-order valence-corrected chi connectivity index (χ1v) is 14.3. The number of benzene rings is 4. The van der Waals surface area contributed by atoms with E-state index >= 15 is 0 Å². The van der Waals surface area contributed by atoms with Crippen LogP contribution in [0.4, 0.5) is 11.4 Å². The molecule has 0 aliphatic heterocycles. The molecular weight excluding hydrogens is 500 g/mol. The Morgan fingerprint density at radius 3 is 1.63 bits per heavy atom. The molecule has 4 aromatic carbocycles. The molecule has 0 unspecified atom stereocenters. The maximum absolute atomic E-state index is 5.06. The van der Waals surface area contributed by atoms with Gasteiger partial charge in [-0.2, -0.15) is 0 Å². The fraction of sp³-hybridized carbons (Fsp3) is 0.270. The minimum absolute atomic E-state index is 0.711. The maximum Gasteiger partial charge on any atom is 0.163 e. The van der Waals surface area contributed by atoms with Crippen LogP contribution in [0.5, 0.6) is 0 Å². The topological polar surface area (TPSA) is 41.9 Å². The van der Waals surface area contributed by atoms with Gasteiger partial charge < -0.3 is 4.90 Å². The normalized spacial score (nSPS) is 11.2. The number of hydrogen-bond acceptors (Lipinski definition) is 4. The molecule has 0 N–H and O–H groups in total. The van der Waals surface area contributed by atoms with Crippen LogP contribution in [0.1, 0.15) is 50.1 Å². The molecule has 1 heterocycles.